The van der Waals surface area contributed by atoms with Crippen LogP contribution in [0.25, 0.3) is 0 Å². The number of nitrogens with zero attached hydrogens (tertiary/aromatic N) is 2. The third-order valence-electron chi connectivity index (χ3n) is 0.891. The number of aromatic nitrogens is 1. The van der Waals surface area contributed by atoms with Crippen molar-refractivity contribution in [3.63, 3.8) is 0 Å². The van der Waals surface area contributed by atoms with Gasteiger partial charge >= 0.3 is 0 Å². The lowest BCUT2D eigenvalue weighted by Gasteiger charge is -1.88. The van der Waals surface area contributed by atoms with Crippen molar-refractivity contribution in [3.8, 4) is 0 Å². The monoisotopic (exact) mass is 154 g/mol. The number of thiocarbonyl (C=S) groups is 1. The summed E-state index contributed by atoms with van der Waals surface area (Å²) in [6, 6.07) is 2.75. The van der Waals surface area contributed by atoms with Gasteiger partial charge in [0.1, 0.15) is 0 Å². The summed E-state index contributed by atoms with van der Waals surface area (Å²) in [5.74, 6) is -0.502. The molecule has 0 amide bonds. The molecule has 0 spiro atoms. The molecule has 1 heterocycles. The summed E-state index contributed by atoms with van der Waals surface area (Å²) in [6.45, 7) is 0. The number of halogens is 1. The van der Waals surface area contributed by atoms with E-state index in [1.54, 1.807) is 0 Å². The predicted octanol–water partition coefficient (Wildman–Crippen LogP) is 1.95. The minimum absolute atomic E-state index is 0.0162. The molecule has 0 aliphatic carbocycles. The maximum absolute atomic E-state index is 12.5. The quantitative estimate of drug-likeness (QED) is 0.456. The average Bonchev–Trinajstić information content (AvgIpc) is 1.94. The Balaban J connectivity index is 3.14. The average molecular weight is 154 g/mol. The van der Waals surface area contributed by atoms with Crippen molar-refractivity contribution >= 4 is 23.2 Å². The number of pyridine rings is 1. The SMILES string of the molecule is Fc1cccnc1N=C=S. The Kier molecular flexibility index (Phi) is 2.20. The molecule has 0 saturated carbocycles. The fourth-order valence-corrected chi connectivity index (χ4v) is 0.589. The Hall–Kier alpha value is -1.12. The number of hydrogen-bond acceptors (Lipinski definition) is 3. The van der Waals surface area contributed by atoms with Crippen LogP contribution in [0, 0.1) is 5.82 Å². The first kappa shape index (κ1) is 6.99. The first-order valence-electron chi connectivity index (χ1n) is 2.53. The van der Waals surface area contributed by atoms with E-state index in [1.807, 2.05) is 5.16 Å². The number of hydrogen-bond donors (Lipinski definition) is 0. The van der Waals surface area contributed by atoms with E-state index in [2.05, 4.69) is 22.2 Å². The number of isothiocyanates is 1. The summed E-state index contributed by atoms with van der Waals surface area (Å²) in [6.07, 6.45) is 1.44. The van der Waals surface area contributed by atoms with Crippen LogP contribution in [0.4, 0.5) is 10.2 Å². The van der Waals surface area contributed by atoms with Crippen molar-refractivity contribution in [1.82, 2.24) is 4.98 Å². The smallest absolute Gasteiger partial charge is 0.198 e. The molecule has 0 aliphatic heterocycles. The van der Waals surface area contributed by atoms with Gasteiger partial charge in [-0.3, -0.25) is 0 Å². The van der Waals surface area contributed by atoms with Gasteiger partial charge in [-0.25, -0.2) is 9.37 Å². The molecule has 2 nitrogen and oxygen atoms in total. The summed E-state index contributed by atoms with van der Waals surface area (Å²) in [4.78, 5) is 6.98. The van der Waals surface area contributed by atoms with Gasteiger partial charge in [-0.1, -0.05) is 0 Å². The van der Waals surface area contributed by atoms with Crippen LogP contribution in [0.2, 0.25) is 0 Å². The second-order valence-corrected chi connectivity index (χ2v) is 1.69. The zero-order valence-corrected chi connectivity index (χ0v) is 5.73. The summed E-state index contributed by atoms with van der Waals surface area (Å²) in [5, 5.41) is 2.03. The predicted molar refractivity (Wildman–Crippen MR) is 38.9 cm³/mol. The lowest BCUT2D eigenvalue weighted by Crippen LogP contribution is -1.77. The van der Waals surface area contributed by atoms with Gasteiger partial charge < -0.3 is 0 Å². The lowest BCUT2D eigenvalue weighted by molar-refractivity contribution is 0.624. The van der Waals surface area contributed by atoms with Crippen molar-refractivity contribution < 1.29 is 4.39 Å². The summed E-state index contributed by atoms with van der Waals surface area (Å²) >= 11 is 4.27. The van der Waals surface area contributed by atoms with Crippen molar-refractivity contribution in [1.29, 1.82) is 0 Å². The van der Waals surface area contributed by atoms with Gasteiger partial charge in [-0.15, -0.1) is 0 Å². The van der Waals surface area contributed by atoms with Gasteiger partial charge in [0.15, 0.2) is 11.6 Å². The first-order valence-corrected chi connectivity index (χ1v) is 2.94. The zero-order chi connectivity index (χ0) is 7.40. The second kappa shape index (κ2) is 3.15. The molecular weight excluding hydrogens is 151 g/mol. The third-order valence-corrected chi connectivity index (χ3v) is 0.982. The molecule has 0 fully saturated rings. The van der Waals surface area contributed by atoms with E-state index in [9.17, 15) is 4.39 Å². The topological polar surface area (TPSA) is 25.2 Å². The summed E-state index contributed by atoms with van der Waals surface area (Å²) < 4.78 is 12.5. The normalized spacial score (nSPS) is 8.50. The molecule has 1 rings (SSSR count). The second-order valence-electron chi connectivity index (χ2n) is 1.51. The Morgan fingerprint density at radius 3 is 3.10 bits per heavy atom. The van der Waals surface area contributed by atoms with E-state index in [1.165, 1.54) is 18.3 Å². The van der Waals surface area contributed by atoms with Crippen molar-refractivity contribution in [2.75, 3.05) is 0 Å². The molecule has 0 aliphatic rings. The van der Waals surface area contributed by atoms with Crippen LogP contribution in [-0.2, 0) is 0 Å². The fourth-order valence-electron chi connectivity index (χ4n) is 0.503. The molecule has 50 valence electrons. The maximum atomic E-state index is 12.5. The highest BCUT2D eigenvalue weighted by Crippen LogP contribution is 2.10. The van der Waals surface area contributed by atoms with Crippen LogP contribution >= 0.6 is 12.2 Å². The summed E-state index contributed by atoms with van der Waals surface area (Å²) in [5.41, 5.74) is 0. The van der Waals surface area contributed by atoms with Crippen LogP contribution in [0.3, 0.4) is 0 Å². The molecular formula is C6H3FN2S. The van der Waals surface area contributed by atoms with E-state index >= 15 is 0 Å². The van der Waals surface area contributed by atoms with Gasteiger partial charge in [0.25, 0.3) is 0 Å². The number of rotatable bonds is 1. The Bertz CT molecular complexity index is 281. The first-order chi connectivity index (χ1) is 4.84. The van der Waals surface area contributed by atoms with Gasteiger partial charge in [-0.05, 0) is 24.4 Å². The Morgan fingerprint density at radius 2 is 2.50 bits per heavy atom. The van der Waals surface area contributed by atoms with Gasteiger partial charge in [-0.2, -0.15) is 4.99 Å². The molecule has 0 aromatic carbocycles. The molecule has 0 N–H and O–H groups in total. The van der Waals surface area contributed by atoms with Crippen LogP contribution < -0.4 is 0 Å². The Morgan fingerprint density at radius 1 is 1.70 bits per heavy atom. The van der Waals surface area contributed by atoms with Gasteiger partial charge in [0, 0.05) is 6.20 Å². The van der Waals surface area contributed by atoms with Crippen molar-refractivity contribution in [2.24, 2.45) is 4.99 Å². The fraction of sp³-hybridized carbons (Fsp3) is 0. The van der Waals surface area contributed by atoms with E-state index in [0.717, 1.165) is 0 Å². The minimum Gasteiger partial charge on any atom is -0.234 e. The van der Waals surface area contributed by atoms with Gasteiger partial charge in [0.05, 0.1) is 5.16 Å². The highest BCUT2D eigenvalue weighted by molar-refractivity contribution is 7.78. The summed E-state index contributed by atoms with van der Waals surface area (Å²) in [7, 11) is 0. The maximum Gasteiger partial charge on any atom is 0.198 e. The molecule has 0 unspecified atom stereocenters. The highest BCUT2D eigenvalue weighted by atomic mass is 32.1. The highest BCUT2D eigenvalue weighted by Gasteiger charge is 1.96. The van der Waals surface area contributed by atoms with E-state index < -0.39 is 5.82 Å². The molecule has 0 atom stereocenters. The van der Waals surface area contributed by atoms with Gasteiger partial charge in [0.2, 0.25) is 0 Å². The molecule has 0 radical (unpaired) electrons. The Labute approximate surface area is 62.4 Å². The van der Waals surface area contributed by atoms with E-state index in [-0.39, 0.29) is 5.82 Å². The molecule has 0 bridgehead atoms. The largest absolute Gasteiger partial charge is 0.234 e. The molecule has 10 heavy (non-hydrogen) atoms. The standard InChI is InChI=1S/C6H3FN2S/c7-5-2-1-3-8-6(5)9-4-10/h1-3H. The van der Waals surface area contributed by atoms with Crippen molar-refractivity contribution in [3.05, 3.63) is 24.1 Å². The molecule has 0 saturated heterocycles. The molecule has 1 aromatic heterocycles. The number of aliphatic imine (C=N–C) groups is 1. The minimum atomic E-state index is -0.486. The molecule has 4 heteroatoms. The van der Waals surface area contributed by atoms with Crippen molar-refractivity contribution in [2.45, 2.75) is 0 Å². The zero-order valence-electron chi connectivity index (χ0n) is 4.91. The van der Waals surface area contributed by atoms with E-state index in [4.69, 9.17) is 0 Å². The van der Waals surface area contributed by atoms with Crippen LogP contribution in [-0.4, -0.2) is 10.1 Å². The lowest BCUT2D eigenvalue weighted by atomic mass is 10.4. The van der Waals surface area contributed by atoms with E-state index in [0.29, 0.717) is 0 Å². The van der Waals surface area contributed by atoms with Crippen LogP contribution in [0.1, 0.15) is 0 Å². The van der Waals surface area contributed by atoms with Crippen LogP contribution in [0.15, 0.2) is 23.3 Å². The molecule has 1 aromatic rings. The third kappa shape index (κ3) is 1.43. The van der Waals surface area contributed by atoms with Crippen LogP contribution in [0.5, 0.6) is 0 Å².